The molecule has 6 nitrogen and oxygen atoms in total. The summed E-state index contributed by atoms with van der Waals surface area (Å²) in [6, 6.07) is 3.06. The number of carboxylic acids is 1. The lowest BCUT2D eigenvalue weighted by molar-refractivity contribution is 0.0692. The minimum atomic E-state index is -4.31. The van der Waals surface area contributed by atoms with Crippen LogP contribution in [0.15, 0.2) is 23.1 Å². The minimum absolute atomic E-state index is 0.0557. The summed E-state index contributed by atoms with van der Waals surface area (Å²) in [5.41, 5.74) is 4.82. The zero-order valence-electron chi connectivity index (χ0n) is 8.93. The van der Waals surface area contributed by atoms with Gasteiger partial charge in [0.1, 0.15) is 0 Å². The quantitative estimate of drug-likeness (QED) is 0.681. The fraction of sp³-hybridized carbons (Fsp3) is 0.222. The molecule has 18 heavy (non-hydrogen) atoms. The standard InChI is InChI=1S/C9H10F2N2O4S/c10-8(11)4-13-18(16,17)7-2-1-5(12)3-6(7)9(14)15/h1-3,8,13H,4,12H2,(H,14,15). The van der Waals surface area contributed by atoms with E-state index in [2.05, 4.69) is 0 Å². The smallest absolute Gasteiger partial charge is 0.337 e. The monoisotopic (exact) mass is 280 g/mol. The van der Waals surface area contributed by atoms with E-state index in [1.165, 1.54) is 6.07 Å². The summed E-state index contributed by atoms with van der Waals surface area (Å²) in [7, 11) is -4.31. The fourth-order valence-corrected chi connectivity index (χ4v) is 2.38. The van der Waals surface area contributed by atoms with Gasteiger partial charge in [0.2, 0.25) is 10.0 Å². The number of halogens is 2. The van der Waals surface area contributed by atoms with Gasteiger partial charge in [-0.2, -0.15) is 0 Å². The summed E-state index contributed by atoms with van der Waals surface area (Å²) in [4.78, 5) is 10.3. The molecule has 0 spiro atoms. The first kappa shape index (κ1) is 14.3. The Morgan fingerprint density at radius 1 is 1.44 bits per heavy atom. The number of nitrogen functional groups attached to an aromatic ring is 1. The number of alkyl halides is 2. The van der Waals surface area contributed by atoms with Gasteiger partial charge < -0.3 is 10.8 Å². The summed E-state index contributed by atoms with van der Waals surface area (Å²) < 4.78 is 48.7. The number of nitrogens with one attached hydrogen (secondary N) is 1. The maximum atomic E-state index is 11.9. The van der Waals surface area contributed by atoms with Gasteiger partial charge in [0.15, 0.2) is 0 Å². The highest BCUT2D eigenvalue weighted by Gasteiger charge is 2.23. The number of carboxylic acid groups (broad SMARTS) is 1. The van der Waals surface area contributed by atoms with E-state index in [4.69, 9.17) is 10.8 Å². The molecule has 0 saturated heterocycles. The number of sulfonamides is 1. The van der Waals surface area contributed by atoms with Crippen molar-refractivity contribution in [2.24, 2.45) is 0 Å². The molecule has 4 N–H and O–H groups in total. The van der Waals surface area contributed by atoms with Crippen LogP contribution in [-0.4, -0.2) is 32.5 Å². The summed E-state index contributed by atoms with van der Waals surface area (Å²) >= 11 is 0. The van der Waals surface area contributed by atoms with Crippen LogP contribution in [0.1, 0.15) is 10.4 Å². The number of aromatic carboxylic acids is 1. The molecule has 0 bridgehead atoms. The Morgan fingerprint density at radius 2 is 2.06 bits per heavy atom. The van der Waals surface area contributed by atoms with Crippen molar-refractivity contribution in [3.63, 3.8) is 0 Å². The molecule has 1 aromatic carbocycles. The molecule has 0 radical (unpaired) electrons. The molecular weight excluding hydrogens is 270 g/mol. The van der Waals surface area contributed by atoms with E-state index in [-0.39, 0.29) is 5.69 Å². The van der Waals surface area contributed by atoms with E-state index < -0.39 is 39.4 Å². The second kappa shape index (κ2) is 5.27. The van der Waals surface area contributed by atoms with Crippen LogP contribution >= 0.6 is 0 Å². The first-order valence-corrected chi connectivity index (χ1v) is 6.13. The number of anilines is 1. The molecule has 1 aromatic rings. The zero-order valence-corrected chi connectivity index (χ0v) is 9.75. The van der Waals surface area contributed by atoms with Gasteiger partial charge >= 0.3 is 5.97 Å². The van der Waals surface area contributed by atoms with Crippen LogP contribution in [0.3, 0.4) is 0 Å². The van der Waals surface area contributed by atoms with E-state index in [1.54, 1.807) is 4.72 Å². The highest BCUT2D eigenvalue weighted by molar-refractivity contribution is 7.89. The summed E-state index contributed by atoms with van der Waals surface area (Å²) in [5.74, 6) is -1.51. The minimum Gasteiger partial charge on any atom is -0.478 e. The van der Waals surface area contributed by atoms with Gasteiger partial charge in [-0.3, -0.25) is 0 Å². The average molecular weight is 280 g/mol. The van der Waals surface area contributed by atoms with Crippen molar-refractivity contribution in [1.82, 2.24) is 4.72 Å². The van der Waals surface area contributed by atoms with Crippen LogP contribution in [0.5, 0.6) is 0 Å². The Labute approximate surface area is 101 Å². The molecule has 100 valence electrons. The largest absolute Gasteiger partial charge is 0.478 e. The van der Waals surface area contributed by atoms with E-state index >= 15 is 0 Å². The third-order valence-corrected chi connectivity index (χ3v) is 3.43. The molecule has 0 aromatic heterocycles. The molecule has 0 unspecified atom stereocenters. The average Bonchev–Trinajstić information content (AvgIpc) is 2.26. The summed E-state index contributed by atoms with van der Waals surface area (Å²) in [6.07, 6.45) is -2.87. The molecular formula is C9H10F2N2O4S. The Balaban J connectivity index is 3.20. The van der Waals surface area contributed by atoms with Crippen molar-refractivity contribution in [1.29, 1.82) is 0 Å². The number of rotatable bonds is 5. The van der Waals surface area contributed by atoms with E-state index in [0.29, 0.717) is 0 Å². The molecule has 0 atom stereocenters. The lowest BCUT2D eigenvalue weighted by Crippen LogP contribution is -2.29. The highest BCUT2D eigenvalue weighted by Crippen LogP contribution is 2.19. The second-order valence-electron chi connectivity index (χ2n) is 3.30. The number of hydrogen-bond donors (Lipinski definition) is 3. The highest BCUT2D eigenvalue weighted by atomic mass is 32.2. The Bertz CT molecular complexity index is 560. The van der Waals surface area contributed by atoms with Crippen LogP contribution in [0.4, 0.5) is 14.5 Å². The number of benzene rings is 1. The summed E-state index contributed by atoms with van der Waals surface area (Å²) in [6.45, 7) is -1.09. The summed E-state index contributed by atoms with van der Waals surface area (Å²) in [5, 5.41) is 8.83. The molecule has 0 aliphatic rings. The molecule has 0 fully saturated rings. The van der Waals surface area contributed by atoms with Gasteiger partial charge in [-0.05, 0) is 18.2 Å². The van der Waals surface area contributed by atoms with E-state index in [1.807, 2.05) is 0 Å². The van der Waals surface area contributed by atoms with Crippen LogP contribution in [0.25, 0.3) is 0 Å². The van der Waals surface area contributed by atoms with E-state index in [9.17, 15) is 22.0 Å². The van der Waals surface area contributed by atoms with Gasteiger partial charge in [0.25, 0.3) is 6.43 Å². The fourth-order valence-electron chi connectivity index (χ4n) is 1.20. The Morgan fingerprint density at radius 3 is 2.56 bits per heavy atom. The molecule has 0 heterocycles. The predicted octanol–water partition coefficient (Wildman–Crippen LogP) is 0.510. The van der Waals surface area contributed by atoms with Crippen LogP contribution in [-0.2, 0) is 10.0 Å². The molecule has 1 rings (SSSR count). The molecule has 0 aliphatic heterocycles. The van der Waals surface area contributed by atoms with Crippen molar-refractivity contribution in [2.75, 3.05) is 12.3 Å². The Hall–Kier alpha value is -1.74. The zero-order chi connectivity index (χ0) is 13.9. The maximum Gasteiger partial charge on any atom is 0.337 e. The maximum absolute atomic E-state index is 11.9. The molecule has 0 amide bonds. The normalized spacial score (nSPS) is 11.7. The van der Waals surface area contributed by atoms with Gasteiger partial charge in [0.05, 0.1) is 17.0 Å². The van der Waals surface area contributed by atoms with Crippen molar-refractivity contribution >= 4 is 21.7 Å². The van der Waals surface area contributed by atoms with Crippen molar-refractivity contribution in [3.05, 3.63) is 23.8 Å². The predicted molar refractivity (Wildman–Crippen MR) is 59.0 cm³/mol. The number of hydrogen-bond acceptors (Lipinski definition) is 4. The third-order valence-electron chi connectivity index (χ3n) is 1.95. The lowest BCUT2D eigenvalue weighted by atomic mass is 10.2. The van der Waals surface area contributed by atoms with Gasteiger partial charge in [-0.15, -0.1) is 0 Å². The van der Waals surface area contributed by atoms with E-state index in [0.717, 1.165) is 12.1 Å². The van der Waals surface area contributed by atoms with Crippen molar-refractivity contribution in [2.45, 2.75) is 11.3 Å². The first-order valence-electron chi connectivity index (χ1n) is 4.64. The van der Waals surface area contributed by atoms with Crippen LogP contribution in [0.2, 0.25) is 0 Å². The van der Waals surface area contributed by atoms with Gasteiger partial charge in [-0.25, -0.2) is 26.7 Å². The molecule has 0 aliphatic carbocycles. The second-order valence-corrected chi connectivity index (χ2v) is 5.04. The Kier molecular flexibility index (Phi) is 4.19. The topological polar surface area (TPSA) is 109 Å². The number of nitrogens with two attached hydrogens (primary N) is 1. The lowest BCUT2D eigenvalue weighted by Gasteiger charge is -2.09. The van der Waals surface area contributed by atoms with Gasteiger partial charge in [-0.1, -0.05) is 0 Å². The molecule has 0 saturated carbocycles. The van der Waals surface area contributed by atoms with Crippen molar-refractivity contribution < 1.29 is 27.1 Å². The third kappa shape index (κ3) is 3.37. The SMILES string of the molecule is Nc1ccc(S(=O)(=O)NCC(F)F)c(C(=O)O)c1. The van der Waals surface area contributed by atoms with Crippen molar-refractivity contribution in [3.8, 4) is 0 Å². The number of carbonyl (C=O) groups is 1. The van der Waals surface area contributed by atoms with Crippen LogP contribution in [0, 0.1) is 0 Å². The molecule has 9 heteroatoms. The van der Waals surface area contributed by atoms with Crippen LogP contribution < -0.4 is 10.5 Å². The van der Waals surface area contributed by atoms with Gasteiger partial charge in [0, 0.05) is 5.69 Å². The first-order chi connectivity index (χ1) is 8.24.